The molecule has 30 heavy (non-hydrogen) atoms. The number of rotatable bonds is 9. The molecule has 0 aliphatic carbocycles. The second kappa shape index (κ2) is 9.53. The van der Waals surface area contributed by atoms with Gasteiger partial charge in [0.05, 0.1) is 12.2 Å². The van der Waals surface area contributed by atoms with Crippen LogP contribution in [-0.4, -0.2) is 31.3 Å². The van der Waals surface area contributed by atoms with Crippen molar-refractivity contribution in [2.75, 3.05) is 20.3 Å². The lowest BCUT2D eigenvalue weighted by Gasteiger charge is -2.27. The Bertz CT molecular complexity index is 902. The van der Waals surface area contributed by atoms with E-state index in [4.69, 9.17) is 25.8 Å². The fourth-order valence-corrected chi connectivity index (χ4v) is 2.62. The molecule has 1 aromatic carbocycles. The number of hydrogen-bond acceptors (Lipinski definition) is 6. The largest absolute Gasteiger partial charge is 0.550 e. The van der Waals surface area contributed by atoms with Crippen LogP contribution in [0.5, 0.6) is 17.4 Å². The molecule has 0 saturated heterocycles. The molecule has 1 heterocycles. The molecule has 0 aliphatic heterocycles. The van der Waals surface area contributed by atoms with E-state index in [2.05, 4.69) is 4.98 Å². The van der Waals surface area contributed by atoms with E-state index in [1.165, 1.54) is 27.0 Å². The number of alkyl halides is 3. The Morgan fingerprint density at radius 3 is 2.47 bits per heavy atom. The van der Waals surface area contributed by atoms with Crippen molar-refractivity contribution in [3.8, 4) is 17.4 Å². The van der Waals surface area contributed by atoms with Crippen LogP contribution in [0.4, 0.5) is 13.2 Å². The molecule has 6 nitrogen and oxygen atoms in total. The van der Waals surface area contributed by atoms with Crippen molar-refractivity contribution in [1.82, 2.24) is 4.98 Å². The van der Waals surface area contributed by atoms with Gasteiger partial charge in [-0.3, -0.25) is 0 Å². The molecule has 0 saturated carbocycles. The summed E-state index contributed by atoms with van der Waals surface area (Å²) < 4.78 is 54.5. The molecular formula is C20H20ClF3NO5-. The number of carboxylic acid groups (broad SMARTS) is 1. The lowest BCUT2D eigenvalue weighted by atomic mass is 9.85. The quantitative estimate of drug-likeness (QED) is 0.544. The number of halogens is 4. The van der Waals surface area contributed by atoms with Crippen LogP contribution in [0, 0.1) is 5.41 Å². The molecule has 2 rings (SSSR count). The summed E-state index contributed by atoms with van der Waals surface area (Å²) >= 11 is 5.92. The number of carbonyl (C=O) groups is 1. The van der Waals surface area contributed by atoms with Gasteiger partial charge < -0.3 is 24.1 Å². The number of nitrogens with zero attached hydrogens (tertiary/aromatic N) is 1. The highest BCUT2D eigenvalue weighted by atomic mass is 35.5. The Kier molecular flexibility index (Phi) is 7.54. The molecule has 0 spiro atoms. The fraction of sp³-hybridized carbons (Fsp3) is 0.400. The number of ether oxygens (including phenoxy) is 3. The van der Waals surface area contributed by atoms with E-state index in [9.17, 15) is 23.1 Å². The number of benzene rings is 1. The Morgan fingerprint density at radius 2 is 1.90 bits per heavy atom. The van der Waals surface area contributed by atoms with Crippen LogP contribution in [0.1, 0.15) is 25.0 Å². The number of hydrogen-bond donors (Lipinski definition) is 0. The number of pyridine rings is 1. The fourth-order valence-electron chi connectivity index (χ4n) is 2.42. The maximum atomic E-state index is 12.8. The van der Waals surface area contributed by atoms with Crippen molar-refractivity contribution in [3.05, 3.63) is 46.6 Å². The highest BCUT2D eigenvalue weighted by Gasteiger charge is 2.32. The average molecular weight is 447 g/mol. The van der Waals surface area contributed by atoms with Crippen molar-refractivity contribution in [1.29, 1.82) is 0 Å². The van der Waals surface area contributed by atoms with E-state index < -0.39 is 23.1 Å². The third-order valence-corrected chi connectivity index (χ3v) is 4.39. The average Bonchev–Trinajstić information content (AvgIpc) is 2.64. The first-order valence-electron chi connectivity index (χ1n) is 8.81. The Balaban J connectivity index is 2.39. The predicted molar refractivity (Wildman–Crippen MR) is 101 cm³/mol. The van der Waals surface area contributed by atoms with Crippen molar-refractivity contribution in [2.24, 2.45) is 5.41 Å². The number of methoxy groups -OCH3 is 1. The molecule has 0 N–H and O–H groups in total. The number of carboxylic acids is 1. The first kappa shape index (κ1) is 23.8. The van der Waals surface area contributed by atoms with Gasteiger partial charge in [-0.15, -0.1) is 0 Å². The van der Waals surface area contributed by atoms with E-state index in [1.54, 1.807) is 12.1 Å². The van der Waals surface area contributed by atoms with Crippen LogP contribution in [0.25, 0.3) is 0 Å². The van der Waals surface area contributed by atoms with E-state index in [-0.39, 0.29) is 29.7 Å². The van der Waals surface area contributed by atoms with Gasteiger partial charge in [0.25, 0.3) is 0 Å². The van der Waals surface area contributed by atoms with Gasteiger partial charge in [0.15, 0.2) is 0 Å². The van der Waals surface area contributed by atoms with E-state index >= 15 is 0 Å². The van der Waals surface area contributed by atoms with Gasteiger partial charge in [-0.05, 0) is 24.1 Å². The van der Waals surface area contributed by atoms with Gasteiger partial charge in [0.2, 0.25) is 5.88 Å². The van der Waals surface area contributed by atoms with E-state index in [0.717, 1.165) is 0 Å². The summed E-state index contributed by atoms with van der Waals surface area (Å²) in [6.07, 6.45) is -3.97. The van der Waals surface area contributed by atoms with Gasteiger partial charge in [-0.1, -0.05) is 31.5 Å². The van der Waals surface area contributed by atoms with Crippen LogP contribution >= 0.6 is 11.6 Å². The molecule has 0 amide bonds. The predicted octanol–water partition coefficient (Wildman–Crippen LogP) is 3.89. The molecule has 1 aromatic heterocycles. The summed E-state index contributed by atoms with van der Waals surface area (Å²) in [6, 6.07) is 5.39. The Labute approximate surface area is 176 Å². The summed E-state index contributed by atoms with van der Waals surface area (Å²) in [5.41, 5.74) is -1.79. The van der Waals surface area contributed by atoms with Gasteiger partial charge >= 0.3 is 6.18 Å². The zero-order valence-corrected chi connectivity index (χ0v) is 17.3. The summed E-state index contributed by atoms with van der Waals surface area (Å²) in [7, 11) is 1.52. The van der Waals surface area contributed by atoms with Crippen LogP contribution in [0.15, 0.2) is 30.5 Å². The molecule has 10 heteroatoms. The Hall–Kier alpha value is -2.52. The zero-order chi connectivity index (χ0) is 22.5. The third-order valence-electron chi connectivity index (χ3n) is 4.12. The Morgan fingerprint density at radius 1 is 1.20 bits per heavy atom. The van der Waals surface area contributed by atoms with E-state index in [1.807, 2.05) is 0 Å². The SMILES string of the molecule is COCCOc1ccc(CC(C)(C)C(=O)[O-])c(Oc2ncc(C(F)(F)F)cc2Cl)c1. The number of aromatic nitrogens is 1. The molecule has 0 bridgehead atoms. The maximum Gasteiger partial charge on any atom is 0.417 e. The maximum absolute atomic E-state index is 12.8. The zero-order valence-electron chi connectivity index (χ0n) is 16.5. The lowest BCUT2D eigenvalue weighted by Crippen LogP contribution is -2.39. The summed E-state index contributed by atoms with van der Waals surface area (Å²) in [5, 5.41) is 11.0. The molecule has 0 fully saturated rings. The molecule has 0 aliphatic rings. The van der Waals surface area contributed by atoms with Crippen molar-refractivity contribution >= 4 is 17.6 Å². The first-order chi connectivity index (χ1) is 13.9. The molecular weight excluding hydrogens is 427 g/mol. The van der Waals surface area contributed by atoms with Gasteiger partial charge in [-0.2, -0.15) is 13.2 Å². The van der Waals surface area contributed by atoms with Crippen LogP contribution in [0.2, 0.25) is 5.02 Å². The third kappa shape index (κ3) is 6.24. The smallest absolute Gasteiger partial charge is 0.417 e. The van der Waals surface area contributed by atoms with Crippen LogP contribution < -0.4 is 14.6 Å². The highest BCUT2D eigenvalue weighted by molar-refractivity contribution is 6.31. The van der Waals surface area contributed by atoms with Crippen LogP contribution in [0.3, 0.4) is 0 Å². The van der Waals surface area contributed by atoms with Crippen molar-refractivity contribution < 1.29 is 37.3 Å². The minimum Gasteiger partial charge on any atom is -0.550 e. The summed E-state index contributed by atoms with van der Waals surface area (Å²) in [6.45, 7) is 3.55. The van der Waals surface area contributed by atoms with Gasteiger partial charge in [0.1, 0.15) is 23.1 Å². The van der Waals surface area contributed by atoms with Crippen molar-refractivity contribution in [3.63, 3.8) is 0 Å². The summed E-state index contributed by atoms with van der Waals surface area (Å²) in [4.78, 5) is 15.0. The summed E-state index contributed by atoms with van der Waals surface area (Å²) in [5.74, 6) is -0.987. The monoisotopic (exact) mass is 446 g/mol. The number of aliphatic carboxylic acids is 1. The molecule has 2 aromatic rings. The van der Waals surface area contributed by atoms with Crippen LogP contribution in [-0.2, 0) is 22.1 Å². The minimum absolute atomic E-state index is 0.0290. The standard InChI is InChI=1S/C20H21ClF3NO5/c1-19(2,18(26)27)10-12-4-5-14(29-7-6-28-3)9-16(12)30-17-15(21)8-13(11-25-17)20(22,23)24/h4-5,8-9,11H,6-7,10H2,1-3H3,(H,26,27)/p-1. The minimum atomic E-state index is -4.60. The normalized spacial score (nSPS) is 12.0. The second-order valence-corrected chi connectivity index (χ2v) is 7.48. The topological polar surface area (TPSA) is 80.7 Å². The molecule has 0 unspecified atom stereocenters. The lowest BCUT2D eigenvalue weighted by molar-refractivity contribution is -0.317. The second-order valence-electron chi connectivity index (χ2n) is 7.07. The highest BCUT2D eigenvalue weighted by Crippen LogP contribution is 2.37. The van der Waals surface area contributed by atoms with E-state index in [0.29, 0.717) is 30.2 Å². The van der Waals surface area contributed by atoms with Gasteiger partial charge in [0, 0.05) is 30.8 Å². The van der Waals surface area contributed by atoms with Gasteiger partial charge in [-0.25, -0.2) is 4.98 Å². The molecule has 0 radical (unpaired) electrons. The van der Waals surface area contributed by atoms with Crippen molar-refractivity contribution in [2.45, 2.75) is 26.4 Å². The molecule has 0 atom stereocenters. The molecule has 164 valence electrons. The first-order valence-corrected chi connectivity index (χ1v) is 9.18. The number of carbonyl (C=O) groups excluding carboxylic acids is 1.